The van der Waals surface area contributed by atoms with Crippen LogP contribution in [0.3, 0.4) is 0 Å². The zero-order valence-electron chi connectivity index (χ0n) is 12.1. The highest BCUT2D eigenvalue weighted by Crippen LogP contribution is 2.33. The molecular weight excluding hydrogens is 240 g/mol. The first-order valence-electron chi connectivity index (χ1n) is 6.83. The van der Waals surface area contributed by atoms with Crippen molar-refractivity contribution in [2.24, 2.45) is 0 Å². The first-order chi connectivity index (χ1) is 9.14. The number of benzene rings is 1. The molecule has 4 heteroatoms. The number of aryl methyl sites for hydroxylation is 1. The van der Waals surface area contributed by atoms with Crippen LogP contribution in [0.5, 0.6) is 5.75 Å². The van der Waals surface area contributed by atoms with Crippen molar-refractivity contribution in [2.45, 2.75) is 25.3 Å². The van der Waals surface area contributed by atoms with Gasteiger partial charge in [0.25, 0.3) is 0 Å². The lowest BCUT2D eigenvalue weighted by Crippen LogP contribution is -2.58. The van der Waals surface area contributed by atoms with Gasteiger partial charge in [-0.25, -0.2) is 0 Å². The third-order valence-corrected chi connectivity index (χ3v) is 4.08. The van der Waals surface area contributed by atoms with E-state index in [2.05, 4.69) is 29.3 Å². The Balaban J connectivity index is 2.28. The number of aliphatic hydroxyl groups is 1. The molecule has 0 bridgehead atoms. The molecule has 1 aromatic rings. The van der Waals surface area contributed by atoms with E-state index in [0.717, 1.165) is 37.4 Å². The fourth-order valence-corrected chi connectivity index (χ4v) is 2.80. The van der Waals surface area contributed by atoms with E-state index in [9.17, 15) is 5.11 Å². The van der Waals surface area contributed by atoms with Crippen molar-refractivity contribution >= 4 is 5.69 Å². The molecule has 2 N–H and O–H groups in total. The summed E-state index contributed by atoms with van der Waals surface area (Å²) in [6, 6.07) is 6.23. The normalized spacial score (nSPS) is 23.5. The highest BCUT2D eigenvalue weighted by Gasteiger charge is 2.34. The van der Waals surface area contributed by atoms with Crippen LogP contribution in [0.15, 0.2) is 18.2 Å². The van der Waals surface area contributed by atoms with Gasteiger partial charge in [0.1, 0.15) is 5.75 Å². The number of nitrogens with one attached hydrogen (secondary N) is 1. The summed E-state index contributed by atoms with van der Waals surface area (Å²) in [7, 11) is 3.63. The molecule has 1 unspecified atom stereocenters. The molecule has 1 heterocycles. The SMILES string of the molecule is CNC1(CO)CCCN(c2cc(C)ccc2OC)C1. The Bertz CT molecular complexity index is 430. The molecule has 1 aromatic carbocycles. The van der Waals surface area contributed by atoms with Crippen molar-refractivity contribution < 1.29 is 9.84 Å². The quantitative estimate of drug-likeness (QED) is 0.866. The lowest BCUT2D eigenvalue weighted by molar-refractivity contribution is 0.149. The van der Waals surface area contributed by atoms with Crippen LogP contribution in [0, 0.1) is 6.92 Å². The van der Waals surface area contributed by atoms with Gasteiger partial charge in [0.15, 0.2) is 0 Å². The minimum absolute atomic E-state index is 0.161. The molecule has 2 rings (SSSR count). The summed E-state index contributed by atoms with van der Waals surface area (Å²) in [4.78, 5) is 2.31. The Morgan fingerprint density at radius 2 is 2.26 bits per heavy atom. The number of rotatable bonds is 4. The summed E-state index contributed by atoms with van der Waals surface area (Å²) in [5.41, 5.74) is 2.14. The second kappa shape index (κ2) is 5.80. The van der Waals surface area contributed by atoms with E-state index in [4.69, 9.17) is 4.74 Å². The van der Waals surface area contributed by atoms with Gasteiger partial charge < -0.3 is 20.1 Å². The predicted molar refractivity (Wildman–Crippen MR) is 78.1 cm³/mol. The maximum atomic E-state index is 9.67. The molecule has 106 valence electrons. The number of ether oxygens (including phenoxy) is 1. The first kappa shape index (κ1) is 14.2. The van der Waals surface area contributed by atoms with Crippen LogP contribution >= 0.6 is 0 Å². The van der Waals surface area contributed by atoms with Crippen LogP contribution in [0.2, 0.25) is 0 Å². The fourth-order valence-electron chi connectivity index (χ4n) is 2.80. The fraction of sp³-hybridized carbons (Fsp3) is 0.600. The van der Waals surface area contributed by atoms with Gasteiger partial charge in [-0.2, -0.15) is 0 Å². The first-order valence-corrected chi connectivity index (χ1v) is 6.83. The number of nitrogens with zero attached hydrogens (tertiary/aromatic N) is 1. The third kappa shape index (κ3) is 2.85. The Labute approximate surface area is 115 Å². The van der Waals surface area contributed by atoms with Gasteiger partial charge in [-0.15, -0.1) is 0 Å². The summed E-state index contributed by atoms with van der Waals surface area (Å²) in [5.74, 6) is 0.899. The average Bonchev–Trinajstić information content (AvgIpc) is 2.47. The van der Waals surface area contributed by atoms with Crippen LogP contribution in [0.4, 0.5) is 5.69 Å². The van der Waals surface area contributed by atoms with Gasteiger partial charge in [0, 0.05) is 13.1 Å². The van der Waals surface area contributed by atoms with Crippen molar-refractivity contribution in [2.75, 3.05) is 38.8 Å². The molecule has 1 fully saturated rings. The highest BCUT2D eigenvalue weighted by atomic mass is 16.5. The number of likely N-dealkylation sites (N-methyl/N-ethyl adjacent to an activating group) is 1. The lowest BCUT2D eigenvalue weighted by atomic mass is 9.89. The summed E-state index contributed by atoms with van der Waals surface area (Å²) in [5, 5.41) is 13.0. The molecule has 1 atom stereocenters. The van der Waals surface area contributed by atoms with E-state index >= 15 is 0 Å². The predicted octanol–water partition coefficient (Wildman–Crippen LogP) is 1.55. The van der Waals surface area contributed by atoms with Crippen molar-refractivity contribution in [3.05, 3.63) is 23.8 Å². The van der Waals surface area contributed by atoms with E-state index in [0.29, 0.717) is 0 Å². The molecule has 0 aliphatic carbocycles. The van der Waals surface area contributed by atoms with E-state index < -0.39 is 0 Å². The van der Waals surface area contributed by atoms with Crippen LogP contribution in [-0.4, -0.2) is 44.5 Å². The largest absolute Gasteiger partial charge is 0.495 e. The van der Waals surface area contributed by atoms with Gasteiger partial charge in [-0.1, -0.05) is 6.07 Å². The number of aliphatic hydroxyl groups excluding tert-OH is 1. The van der Waals surface area contributed by atoms with Crippen LogP contribution < -0.4 is 15.0 Å². The molecular formula is C15H24N2O2. The van der Waals surface area contributed by atoms with Gasteiger partial charge in [0.05, 0.1) is 24.9 Å². The van der Waals surface area contributed by atoms with Gasteiger partial charge in [-0.05, 0) is 44.5 Å². The molecule has 0 radical (unpaired) electrons. The summed E-state index contributed by atoms with van der Waals surface area (Å²) >= 11 is 0. The maximum absolute atomic E-state index is 9.67. The minimum atomic E-state index is -0.201. The smallest absolute Gasteiger partial charge is 0.142 e. The molecule has 1 aliphatic rings. The monoisotopic (exact) mass is 264 g/mol. The number of anilines is 1. The van der Waals surface area contributed by atoms with Crippen LogP contribution in [-0.2, 0) is 0 Å². The zero-order chi connectivity index (χ0) is 13.9. The minimum Gasteiger partial charge on any atom is -0.495 e. The van der Waals surface area contributed by atoms with Crippen molar-refractivity contribution in [3.8, 4) is 5.75 Å². The average molecular weight is 264 g/mol. The van der Waals surface area contributed by atoms with Crippen molar-refractivity contribution in [3.63, 3.8) is 0 Å². The molecule has 0 saturated carbocycles. The zero-order valence-corrected chi connectivity index (χ0v) is 12.1. The summed E-state index contributed by atoms with van der Waals surface area (Å²) in [6.45, 7) is 4.06. The van der Waals surface area contributed by atoms with Gasteiger partial charge in [0.2, 0.25) is 0 Å². The lowest BCUT2D eigenvalue weighted by Gasteiger charge is -2.43. The van der Waals surface area contributed by atoms with Crippen molar-refractivity contribution in [1.29, 1.82) is 0 Å². The van der Waals surface area contributed by atoms with Gasteiger partial charge >= 0.3 is 0 Å². The molecule has 0 aromatic heterocycles. The number of methoxy groups -OCH3 is 1. The molecule has 1 saturated heterocycles. The second-order valence-corrected chi connectivity index (χ2v) is 5.39. The van der Waals surface area contributed by atoms with E-state index in [1.54, 1.807) is 7.11 Å². The highest BCUT2D eigenvalue weighted by molar-refractivity contribution is 5.60. The van der Waals surface area contributed by atoms with Crippen molar-refractivity contribution in [1.82, 2.24) is 5.32 Å². The molecule has 4 nitrogen and oxygen atoms in total. The Kier molecular flexibility index (Phi) is 4.32. The summed E-state index contributed by atoms with van der Waals surface area (Å²) in [6.07, 6.45) is 2.07. The number of piperidine rings is 1. The molecule has 0 amide bonds. The topological polar surface area (TPSA) is 44.7 Å². The Morgan fingerprint density at radius 3 is 2.89 bits per heavy atom. The summed E-state index contributed by atoms with van der Waals surface area (Å²) < 4.78 is 5.46. The molecule has 1 aliphatic heterocycles. The van der Waals surface area contributed by atoms with E-state index in [-0.39, 0.29) is 12.1 Å². The molecule has 0 spiro atoms. The van der Waals surface area contributed by atoms with E-state index in [1.807, 2.05) is 13.1 Å². The molecule has 19 heavy (non-hydrogen) atoms. The van der Waals surface area contributed by atoms with Gasteiger partial charge in [-0.3, -0.25) is 0 Å². The maximum Gasteiger partial charge on any atom is 0.142 e. The van der Waals surface area contributed by atoms with E-state index in [1.165, 1.54) is 5.56 Å². The Morgan fingerprint density at radius 1 is 1.47 bits per heavy atom. The standard InChI is InChI=1S/C15H24N2O2/c1-12-5-6-14(19-3)13(9-12)17-8-4-7-15(10-17,11-18)16-2/h5-6,9,16,18H,4,7-8,10-11H2,1-3H3. The Hall–Kier alpha value is -1.26. The third-order valence-electron chi connectivity index (χ3n) is 4.08. The number of hydrogen-bond donors (Lipinski definition) is 2. The van der Waals surface area contributed by atoms with Crippen LogP contribution in [0.25, 0.3) is 0 Å². The van der Waals surface area contributed by atoms with Crippen LogP contribution in [0.1, 0.15) is 18.4 Å². The number of hydrogen-bond acceptors (Lipinski definition) is 4. The second-order valence-electron chi connectivity index (χ2n) is 5.39.